The first-order valence-corrected chi connectivity index (χ1v) is 11.3. The number of fused-ring (bicyclic) bond motifs is 1. The van der Waals surface area contributed by atoms with Gasteiger partial charge >= 0.3 is 0 Å². The van der Waals surface area contributed by atoms with Gasteiger partial charge in [-0.05, 0) is 54.7 Å². The highest BCUT2D eigenvalue weighted by Gasteiger charge is 2.21. The van der Waals surface area contributed by atoms with Gasteiger partial charge in [0.15, 0.2) is 16.6 Å². The second kappa shape index (κ2) is 9.83. The maximum absolute atomic E-state index is 12.2. The number of anilines is 1. The lowest BCUT2D eigenvalue weighted by atomic mass is 9.97. The molecule has 2 heterocycles. The zero-order chi connectivity index (χ0) is 21.6. The van der Waals surface area contributed by atoms with Crippen LogP contribution in [0.2, 0.25) is 0 Å². The first-order chi connectivity index (χ1) is 15.2. The summed E-state index contributed by atoms with van der Waals surface area (Å²) in [4.78, 5) is 19.4. The van der Waals surface area contributed by atoms with Gasteiger partial charge in [-0.1, -0.05) is 29.5 Å². The summed E-state index contributed by atoms with van der Waals surface area (Å²) in [6.45, 7) is 2.65. The third-order valence-electron chi connectivity index (χ3n) is 5.57. The van der Waals surface area contributed by atoms with Gasteiger partial charge < -0.3 is 19.7 Å². The van der Waals surface area contributed by atoms with Gasteiger partial charge in [-0.3, -0.25) is 4.79 Å². The van der Waals surface area contributed by atoms with Crippen LogP contribution in [-0.2, 0) is 4.79 Å². The molecule has 1 aliphatic rings. The summed E-state index contributed by atoms with van der Waals surface area (Å²) in [6.07, 6.45) is 5.45. The number of hydrogen-bond donors (Lipinski definition) is 1. The SMILES string of the molecule is COc1ccc(/C=C/C(=O)NCC2CCN(c3nc4ccccc4s3)CC2)cc1OC. The maximum Gasteiger partial charge on any atom is 0.244 e. The summed E-state index contributed by atoms with van der Waals surface area (Å²) in [7, 11) is 3.20. The van der Waals surface area contributed by atoms with Gasteiger partial charge in [-0.25, -0.2) is 4.98 Å². The van der Waals surface area contributed by atoms with Crippen LogP contribution >= 0.6 is 11.3 Å². The van der Waals surface area contributed by atoms with E-state index in [2.05, 4.69) is 28.4 Å². The van der Waals surface area contributed by atoms with Gasteiger partial charge in [0.05, 0.1) is 24.4 Å². The van der Waals surface area contributed by atoms with Gasteiger partial charge in [-0.15, -0.1) is 0 Å². The number of amides is 1. The standard InChI is InChI=1S/C24H27N3O3S/c1-29-20-9-7-17(15-21(20)30-2)8-10-23(28)25-16-18-11-13-27(14-12-18)24-26-19-5-3-4-6-22(19)31-24/h3-10,15,18H,11-14,16H2,1-2H3,(H,25,28)/b10-8+. The number of rotatable bonds is 7. The molecule has 1 N–H and O–H groups in total. The minimum atomic E-state index is -0.0802. The molecule has 7 heteroatoms. The van der Waals surface area contributed by atoms with E-state index in [1.54, 1.807) is 37.7 Å². The second-order valence-electron chi connectivity index (χ2n) is 7.59. The molecule has 4 rings (SSSR count). The van der Waals surface area contributed by atoms with E-state index in [-0.39, 0.29) is 5.91 Å². The van der Waals surface area contributed by atoms with Gasteiger partial charge in [0.25, 0.3) is 0 Å². The van der Waals surface area contributed by atoms with Crippen molar-refractivity contribution in [3.05, 3.63) is 54.1 Å². The van der Waals surface area contributed by atoms with Crippen LogP contribution in [0, 0.1) is 5.92 Å². The number of carbonyl (C=O) groups is 1. The molecule has 0 aliphatic carbocycles. The lowest BCUT2D eigenvalue weighted by Gasteiger charge is -2.31. The molecule has 1 fully saturated rings. The van der Waals surface area contributed by atoms with E-state index in [1.807, 2.05) is 24.3 Å². The van der Waals surface area contributed by atoms with Crippen molar-refractivity contribution in [2.75, 3.05) is 38.8 Å². The van der Waals surface area contributed by atoms with E-state index < -0.39 is 0 Å². The average molecular weight is 438 g/mol. The molecular weight excluding hydrogens is 410 g/mol. The number of aromatic nitrogens is 1. The lowest BCUT2D eigenvalue weighted by molar-refractivity contribution is -0.116. The Morgan fingerprint density at radius 1 is 1.16 bits per heavy atom. The quantitative estimate of drug-likeness (QED) is 0.557. The fraction of sp³-hybridized carbons (Fsp3) is 0.333. The van der Waals surface area contributed by atoms with Gasteiger partial charge in [0, 0.05) is 25.7 Å². The smallest absolute Gasteiger partial charge is 0.244 e. The molecule has 0 spiro atoms. The van der Waals surface area contributed by atoms with Gasteiger partial charge in [0.1, 0.15) is 0 Å². The Morgan fingerprint density at radius 3 is 2.68 bits per heavy atom. The molecule has 0 atom stereocenters. The summed E-state index contributed by atoms with van der Waals surface area (Å²) in [6, 6.07) is 13.8. The molecule has 0 bridgehead atoms. The monoisotopic (exact) mass is 437 g/mol. The number of ether oxygens (including phenoxy) is 2. The molecule has 1 aliphatic heterocycles. The topological polar surface area (TPSA) is 63.7 Å². The third kappa shape index (κ3) is 5.17. The molecular formula is C24H27N3O3S. The predicted octanol–water partition coefficient (Wildman–Crippen LogP) is 4.36. The number of piperidine rings is 1. The molecule has 0 unspecified atom stereocenters. The van der Waals surface area contributed by atoms with Crippen LogP contribution in [-0.4, -0.2) is 44.7 Å². The van der Waals surface area contributed by atoms with Crippen LogP contribution in [0.1, 0.15) is 18.4 Å². The summed E-state index contributed by atoms with van der Waals surface area (Å²) < 4.78 is 11.8. The fourth-order valence-electron chi connectivity index (χ4n) is 3.76. The Balaban J connectivity index is 1.24. The highest BCUT2D eigenvalue weighted by molar-refractivity contribution is 7.22. The predicted molar refractivity (Wildman–Crippen MR) is 126 cm³/mol. The zero-order valence-electron chi connectivity index (χ0n) is 17.8. The number of para-hydroxylation sites is 1. The number of thiazole rings is 1. The van der Waals surface area contributed by atoms with Crippen molar-refractivity contribution < 1.29 is 14.3 Å². The van der Waals surface area contributed by atoms with Crippen LogP contribution in [0.15, 0.2) is 48.5 Å². The Labute approximate surface area is 186 Å². The van der Waals surface area contributed by atoms with E-state index in [0.717, 1.165) is 42.1 Å². The van der Waals surface area contributed by atoms with Crippen molar-refractivity contribution in [3.63, 3.8) is 0 Å². The van der Waals surface area contributed by atoms with Crippen molar-refractivity contribution in [3.8, 4) is 11.5 Å². The molecule has 0 saturated carbocycles. The summed E-state index contributed by atoms with van der Waals surface area (Å²) >= 11 is 1.75. The molecule has 1 aromatic heterocycles. The first kappa shape index (κ1) is 21.2. The molecule has 2 aromatic carbocycles. The Kier molecular flexibility index (Phi) is 6.72. The number of carbonyl (C=O) groups excluding carboxylic acids is 1. The minimum absolute atomic E-state index is 0.0802. The number of benzene rings is 2. The van der Waals surface area contributed by atoms with E-state index >= 15 is 0 Å². The summed E-state index contributed by atoms with van der Waals surface area (Å²) in [5.41, 5.74) is 1.95. The minimum Gasteiger partial charge on any atom is -0.493 e. The van der Waals surface area contributed by atoms with Crippen LogP contribution in [0.5, 0.6) is 11.5 Å². The Hall–Kier alpha value is -3.06. The van der Waals surface area contributed by atoms with Crippen molar-refractivity contribution in [2.24, 2.45) is 5.92 Å². The van der Waals surface area contributed by atoms with Crippen LogP contribution in [0.4, 0.5) is 5.13 Å². The normalized spacial score (nSPS) is 14.8. The number of nitrogens with zero attached hydrogens (tertiary/aromatic N) is 2. The first-order valence-electron chi connectivity index (χ1n) is 10.4. The third-order valence-corrected chi connectivity index (χ3v) is 6.66. The largest absolute Gasteiger partial charge is 0.493 e. The molecule has 3 aromatic rings. The summed E-state index contributed by atoms with van der Waals surface area (Å²) in [5.74, 6) is 1.72. The molecule has 6 nitrogen and oxygen atoms in total. The molecule has 31 heavy (non-hydrogen) atoms. The van der Waals surface area contributed by atoms with Crippen molar-refractivity contribution in [1.29, 1.82) is 0 Å². The lowest BCUT2D eigenvalue weighted by Crippen LogP contribution is -2.38. The fourth-order valence-corrected chi connectivity index (χ4v) is 4.77. The van der Waals surface area contributed by atoms with Crippen molar-refractivity contribution in [2.45, 2.75) is 12.8 Å². The maximum atomic E-state index is 12.2. The number of methoxy groups -OCH3 is 2. The van der Waals surface area contributed by atoms with Crippen molar-refractivity contribution >= 4 is 38.7 Å². The average Bonchev–Trinajstić information content (AvgIpc) is 3.26. The molecule has 1 saturated heterocycles. The second-order valence-corrected chi connectivity index (χ2v) is 8.60. The Morgan fingerprint density at radius 2 is 1.94 bits per heavy atom. The van der Waals surface area contributed by atoms with Gasteiger partial charge in [0.2, 0.25) is 5.91 Å². The van der Waals surface area contributed by atoms with Crippen LogP contribution in [0.3, 0.4) is 0 Å². The van der Waals surface area contributed by atoms with Crippen molar-refractivity contribution in [1.82, 2.24) is 10.3 Å². The van der Waals surface area contributed by atoms with E-state index in [0.29, 0.717) is 24.0 Å². The van der Waals surface area contributed by atoms with Crippen LogP contribution < -0.4 is 19.7 Å². The highest BCUT2D eigenvalue weighted by Crippen LogP contribution is 2.31. The van der Waals surface area contributed by atoms with Gasteiger partial charge in [-0.2, -0.15) is 0 Å². The van der Waals surface area contributed by atoms with E-state index in [9.17, 15) is 4.79 Å². The van der Waals surface area contributed by atoms with Crippen LogP contribution in [0.25, 0.3) is 16.3 Å². The zero-order valence-corrected chi connectivity index (χ0v) is 18.7. The highest BCUT2D eigenvalue weighted by atomic mass is 32.1. The molecule has 162 valence electrons. The number of nitrogens with one attached hydrogen (secondary N) is 1. The van der Waals surface area contributed by atoms with E-state index in [1.165, 1.54) is 4.70 Å². The Bertz CT molecular complexity index is 1040. The molecule has 0 radical (unpaired) electrons. The van der Waals surface area contributed by atoms with E-state index in [4.69, 9.17) is 14.5 Å². The molecule has 1 amide bonds. The summed E-state index contributed by atoms with van der Waals surface area (Å²) in [5, 5.41) is 4.14. The number of hydrogen-bond acceptors (Lipinski definition) is 6.